The SMILES string of the molecule is CCOc1ccc(NCC=C(C)C)cc1. The lowest BCUT2D eigenvalue weighted by Gasteiger charge is -2.06. The molecule has 0 radical (unpaired) electrons. The molecule has 0 unspecified atom stereocenters. The van der Waals surface area contributed by atoms with Crippen LogP contribution in [0.3, 0.4) is 0 Å². The predicted molar refractivity (Wildman–Crippen MR) is 65.5 cm³/mol. The van der Waals surface area contributed by atoms with Gasteiger partial charge in [-0.25, -0.2) is 0 Å². The molecule has 0 aromatic heterocycles. The topological polar surface area (TPSA) is 21.3 Å². The first-order chi connectivity index (χ1) is 7.22. The van der Waals surface area contributed by atoms with Crippen LogP contribution in [0.2, 0.25) is 0 Å². The Morgan fingerprint density at radius 3 is 2.47 bits per heavy atom. The zero-order chi connectivity index (χ0) is 11.1. The van der Waals surface area contributed by atoms with Crippen molar-refractivity contribution in [1.29, 1.82) is 0 Å². The number of rotatable bonds is 5. The molecular formula is C13H19NO. The monoisotopic (exact) mass is 205 g/mol. The smallest absolute Gasteiger partial charge is 0.119 e. The summed E-state index contributed by atoms with van der Waals surface area (Å²) >= 11 is 0. The average Bonchev–Trinajstić information content (AvgIpc) is 2.20. The van der Waals surface area contributed by atoms with E-state index in [1.165, 1.54) is 5.57 Å². The van der Waals surface area contributed by atoms with Crippen LogP contribution >= 0.6 is 0 Å². The highest BCUT2D eigenvalue weighted by Gasteiger charge is 1.92. The van der Waals surface area contributed by atoms with Crippen LogP contribution in [0.5, 0.6) is 5.75 Å². The predicted octanol–water partition coefficient (Wildman–Crippen LogP) is 3.46. The van der Waals surface area contributed by atoms with Crippen molar-refractivity contribution >= 4 is 5.69 Å². The molecule has 0 saturated heterocycles. The number of hydrogen-bond acceptors (Lipinski definition) is 2. The Morgan fingerprint density at radius 2 is 1.93 bits per heavy atom. The maximum atomic E-state index is 5.36. The lowest BCUT2D eigenvalue weighted by atomic mass is 10.3. The van der Waals surface area contributed by atoms with E-state index in [0.29, 0.717) is 6.61 Å². The summed E-state index contributed by atoms with van der Waals surface area (Å²) in [7, 11) is 0. The van der Waals surface area contributed by atoms with Gasteiger partial charge < -0.3 is 10.1 Å². The van der Waals surface area contributed by atoms with Crippen molar-refractivity contribution in [3.05, 3.63) is 35.9 Å². The molecule has 15 heavy (non-hydrogen) atoms. The molecule has 0 amide bonds. The van der Waals surface area contributed by atoms with Crippen molar-refractivity contribution in [2.45, 2.75) is 20.8 Å². The number of allylic oxidation sites excluding steroid dienone is 1. The molecule has 0 heterocycles. The van der Waals surface area contributed by atoms with Gasteiger partial charge in [-0.1, -0.05) is 11.6 Å². The summed E-state index contributed by atoms with van der Waals surface area (Å²) in [6.45, 7) is 7.77. The second-order valence-corrected chi connectivity index (χ2v) is 3.62. The second kappa shape index (κ2) is 6.12. The van der Waals surface area contributed by atoms with Crippen LogP contribution in [0.4, 0.5) is 5.69 Å². The van der Waals surface area contributed by atoms with Crippen LogP contribution < -0.4 is 10.1 Å². The Balaban J connectivity index is 2.46. The van der Waals surface area contributed by atoms with Gasteiger partial charge in [-0.3, -0.25) is 0 Å². The summed E-state index contributed by atoms with van der Waals surface area (Å²) < 4.78 is 5.36. The minimum absolute atomic E-state index is 0.713. The molecule has 82 valence electrons. The van der Waals surface area contributed by atoms with Crippen molar-refractivity contribution in [2.75, 3.05) is 18.5 Å². The fourth-order valence-corrected chi connectivity index (χ4v) is 1.21. The van der Waals surface area contributed by atoms with E-state index in [0.717, 1.165) is 18.0 Å². The molecule has 0 aliphatic carbocycles. The molecule has 1 rings (SSSR count). The highest BCUT2D eigenvalue weighted by atomic mass is 16.5. The van der Waals surface area contributed by atoms with Crippen LogP contribution in [0.25, 0.3) is 0 Å². The van der Waals surface area contributed by atoms with E-state index in [-0.39, 0.29) is 0 Å². The second-order valence-electron chi connectivity index (χ2n) is 3.62. The normalized spacial score (nSPS) is 9.53. The Morgan fingerprint density at radius 1 is 1.27 bits per heavy atom. The third kappa shape index (κ3) is 4.54. The van der Waals surface area contributed by atoms with E-state index in [9.17, 15) is 0 Å². The van der Waals surface area contributed by atoms with Crippen molar-refractivity contribution in [2.24, 2.45) is 0 Å². The maximum absolute atomic E-state index is 5.36. The number of nitrogens with one attached hydrogen (secondary N) is 1. The minimum atomic E-state index is 0.713. The van der Waals surface area contributed by atoms with Gasteiger partial charge in [0, 0.05) is 12.2 Å². The van der Waals surface area contributed by atoms with Gasteiger partial charge in [0.25, 0.3) is 0 Å². The summed E-state index contributed by atoms with van der Waals surface area (Å²) in [6.07, 6.45) is 2.16. The Hall–Kier alpha value is -1.44. The number of anilines is 1. The number of ether oxygens (including phenoxy) is 1. The Bertz CT molecular complexity index is 310. The van der Waals surface area contributed by atoms with Gasteiger partial charge in [0.15, 0.2) is 0 Å². The quantitative estimate of drug-likeness (QED) is 0.743. The molecule has 0 spiro atoms. The van der Waals surface area contributed by atoms with E-state index in [1.807, 2.05) is 31.2 Å². The average molecular weight is 205 g/mol. The van der Waals surface area contributed by atoms with Crippen molar-refractivity contribution in [1.82, 2.24) is 0 Å². The largest absolute Gasteiger partial charge is 0.494 e. The molecule has 0 fully saturated rings. The number of benzene rings is 1. The molecule has 0 aliphatic heterocycles. The molecule has 0 atom stereocenters. The standard InChI is InChI=1S/C13H19NO/c1-4-15-13-7-5-12(6-8-13)14-10-9-11(2)3/h5-9,14H,4,10H2,1-3H3. The van der Waals surface area contributed by atoms with Crippen LogP contribution in [0.15, 0.2) is 35.9 Å². The summed E-state index contributed by atoms with van der Waals surface area (Å²) in [5.74, 6) is 0.922. The fraction of sp³-hybridized carbons (Fsp3) is 0.385. The lowest BCUT2D eigenvalue weighted by molar-refractivity contribution is 0.340. The van der Waals surface area contributed by atoms with Crippen molar-refractivity contribution in [3.63, 3.8) is 0 Å². The number of hydrogen-bond donors (Lipinski definition) is 1. The van der Waals surface area contributed by atoms with Crippen molar-refractivity contribution < 1.29 is 4.74 Å². The third-order valence-corrected chi connectivity index (χ3v) is 1.98. The minimum Gasteiger partial charge on any atom is -0.494 e. The highest BCUT2D eigenvalue weighted by molar-refractivity contribution is 5.46. The molecule has 0 aliphatic rings. The molecular weight excluding hydrogens is 186 g/mol. The molecule has 2 heteroatoms. The molecule has 1 aromatic rings. The third-order valence-electron chi connectivity index (χ3n) is 1.98. The molecule has 1 N–H and O–H groups in total. The van der Waals surface area contributed by atoms with E-state index >= 15 is 0 Å². The van der Waals surface area contributed by atoms with Gasteiger partial charge in [0.05, 0.1) is 6.61 Å². The van der Waals surface area contributed by atoms with Gasteiger partial charge in [0.1, 0.15) is 5.75 Å². The first-order valence-corrected chi connectivity index (χ1v) is 5.32. The first-order valence-electron chi connectivity index (χ1n) is 5.32. The van der Waals surface area contributed by atoms with Gasteiger partial charge >= 0.3 is 0 Å². The van der Waals surface area contributed by atoms with Crippen LogP contribution in [-0.4, -0.2) is 13.2 Å². The zero-order valence-electron chi connectivity index (χ0n) is 9.71. The molecule has 0 bridgehead atoms. The molecule has 1 aromatic carbocycles. The van der Waals surface area contributed by atoms with Crippen LogP contribution in [-0.2, 0) is 0 Å². The molecule has 0 saturated carbocycles. The zero-order valence-corrected chi connectivity index (χ0v) is 9.71. The summed E-state index contributed by atoms with van der Waals surface area (Å²) in [4.78, 5) is 0. The van der Waals surface area contributed by atoms with Crippen molar-refractivity contribution in [3.8, 4) is 5.75 Å². The van der Waals surface area contributed by atoms with E-state index < -0.39 is 0 Å². The van der Waals surface area contributed by atoms with Gasteiger partial charge in [-0.2, -0.15) is 0 Å². The first kappa shape index (κ1) is 11.6. The molecule has 2 nitrogen and oxygen atoms in total. The van der Waals surface area contributed by atoms with Gasteiger partial charge in [-0.05, 0) is 45.0 Å². The Kier molecular flexibility index (Phi) is 4.75. The Labute approximate surface area is 92.0 Å². The van der Waals surface area contributed by atoms with E-state index in [1.54, 1.807) is 0 Å². The highest BCUT2D eigenvalue weighted by Crippen LogP contribution is 2.15. The lowest BCUT2D eigenvalue weighted by Crippen LogP contribution is -1.98. The van der Waals surface area contributed by atoms with E-state index in [2.05, 4.69) is 25.2 Å². The fourth-order valence-electron chi connectivity index (χ4n) is 1.21. The van der Waals surface area contributed by atoms with Gasteiger partial charge in [0.2, 0.25) is 0 Å². The summed E-state index contributed by atoms with van der Waals surface area (Å²) in [6, 6.07) is 8.02. The summed E-state index contributed by atoms with van der Waals surface area (Å²) in [5, 5.41) is 3.31. The summed E-state index contributed by atoms with van der Waals surface area (Å²) in [5.41, 5.74) is 2.45. The van der Waals surface area contributed by atoms with E-state index in [4.69, 9.17) is 4.74 Å². The van der Waals surface area contributed by atoms with Crippen LogP contribution in [0.1, 0.15) is 20.8 Å². The maximum Gasteiger partial charge on any atom is 0.119 e. The van der Waals surface area contributed by atoms with Crippen LogP contribution in [0, 0.1) is 0 Å². The van der Waals surface area contributed by atoms with Gasteiger partial charge in [-0.15, -0.1) is 0 Å².